The molecule has 1 aliphatic rings. The topological polar surface area (TPSA) is 95.9 Å². The molecule has 7 heteroatoms. The standard InChI is InChI=1S/C24H27N3O4/c1-24(2)12-14-10-20(30-3)21(31-4)11-17(14)22(27-24)26-19(23(28)29)9-15-13-25-18-8-6-5-7-16(15)18/h5-8,10-11,13,19,25H,9,12H2,1-4H3,(H,26,27)(H,28,29)/t19-/m0/s1. The summed E-state index contributed by atoms with van der Waals surface area (Å²) in [7, 11) is 3.19. The van der Waals surface area contributed by atoms with E-state index in [1.54, 1.807) is 14.2 Å². The van der Waals surface area contributed by atoms with E-state index in [1.165, 1.54) is 0 Å². The first-order chi connectivity index (χ1) is 14.8. The number of hydrogen-bond acceptors (Lipinski definition) is 4. The van der Waals surface area contributed by atoms with E-state index < -0.39 is 12.0 Å². The van der Waals surface area contributed by atoms with Crippen molar-refractivity contribution in [1.82, 2.24) is 10.3 Å². The van der Waals surface area contributed by atoms with Crippen LogP contribution in [0.25, 0.3) is 10.9 Å². The molecule has 0 radical (unpaired) electrons. The van der Waals surface area contributed by atoms with Gasteiger partial charge >= 0.3 is 5.97 Å². The van der Waals surface area contributed by atoms with Crippen LogP contribution in [0.1, 0.15) is 30.5 Å². The molecule has 3 N–H and O–H groups in total. The second kappa shape index (κ2) is 7.98. The molecule has 0 unspecified atom stereocenters. The number of ether oxygens (including phenoxy) is 2. The highest BCUT2D eigenvalue weighted by atomic mass is 16.5. The number of carboxylic acid groups (broad SMARTS) is 1. The van der Waals surface area contributed by atoms with Gasteiger partial charge in [0.05, 0.1) is 14.2 Å². The Hall–Kier alpha value is -3.48. The third-order valence-electron chi connectivity index (χ3n) is 5.61. The first-order valence-corrected chi connectivity index (χ1v) is 10.2. The quantitative estimate of drug-likeness (QED) is 0.566. The number of aromatic nitrogens is 1. The van der Waals surface area contributed by atoms with Gasteiger partial charge in [-0.15, -0.1) is 0 Å². The van der Waals surface area contributed by atoms with Crippen LogP contribution in [0.2, 0.25) is 0 Å². The summed E-state index contributed by atoms with van der Waals surface area (Å²) in [6.45, 7) is 4.13. The fraction of sp³-hybridized carbons (Fsp3) is 0.333. The maximum absolute atomic E-state index is 12.1. The third kappa shape index (κ3) is 4.08. The zero-order valence-electron chi connectivity index (χ0n) is 18.2. The van der Waals surface area contributed by atoms with Crippen LogP contribution in [0.5, 0.6) is 11.5 Å². The van der Waals surface area contributed by atoms with Gasteiger partial charge in [-0.2, -0.15) is 0 Å². The summed E-state index contributed by atoms with van der Waals surface area (Å²) in [5.74, 6) is 0.815. The number of aromatic amines is 1. The molecule has 4 rings (SSSR count). The molecule has 1 aromatic heterocycles. The number of para-hydroxylation sites is 1. The number of carboxylic acids is 1. The minimum atomic E-state index is -0.968. The van der Waals surface area contributed by atoms with Crippen LogP contribution >= 0.6 is 0 Å². The maximum atomic E-state index is 12.1. The molecule has 31 heavy (non-hydrogen) atoms. The fourth-order valence-electron chi connectivity index (χ4n) is 4.15. The number of amidine groups is 1. The van der Waals surface area contributed by atoms with E-state index in [0.29, 0.717) is 17.3 Å². The van der Waals surface area contributed by atoms with E-state index in [1.807, 2.05) is 42.6 Å². The maximum Gasteiger partial charge on any atom is 0.328 e. The van der Waals surface area contributed by atoms with Gasteiger partial charge in [-0.1, -0.05) is 18.2 Å². The first-order valence-electron chi connectivity index (χ1n) is 10.2. The van der Waals surface area contributed by atoms with Gasteiger partial charge in [0.2, 0.25) is 0 Å². The minimum Gasteiger partial charge on any atom is -0.493 e. The molecule has 2 heterocycles. The largest absolute Gasteiger partial charge is 0.493 e. The summed E-state index contributed by atoms with van der Waals surface area (Å²) in [5, 5.41) is 14.4. The zero-order chi connectivity index (χ0) is 22.2. The highest BCUT2D eigenvalue weighted by Gasteiger charge is 2.31. The molecular weight excluding hydrogens is 394 g/mol. The molecule has 1 atom stereocenters. The van der Waals surface area contributed by atoms with Crippen molar-refractivity contribution in [3.63, 3.8) is 0 Å². The second-order valence-electron chi connectivity index (χ2n) is 8.45. The van der Waals surface area contributed by atoms with E-state index in [9.17, 15) is 9.90 Å². The minimum absolute atomic E-state index is 0.282. The van der Waals surface area contributed by atoms with Crippen molar-refractivity contribution in [2.75, 3.05) is 14.2 Å². The Morgan fingerprint density at radius 2 is 1.90 bits per heavy atom. The summed E-state index contributed by atoms with van der Waals surface area (Å²) in [6, 6.07) is 10.7. The first kappa shape index (κ1) is 20.8. The summed E-state index contributed by atoms with van der Waals surface area (Å²) in [5.41, 5.74) is 3.50. The molecule has 0 aliphatic carbocycles. The van der Waals surface area contributed by atoms with Crippen molar-refractivity contribution in [1.29, 1.82) is 0 Å². The van der Waals surface area contributed by atoms with Gasteiger partial charge in [-0.25, -0.2) is 4.79 Å². The van der Waals surface area contributed by atoms with Crippen LogP contribution in [0.4, 0.5) is 0 Å². The van der Waals surface area contributed by atoms with Crippen molar-refractivity contribution in [2.24, 2.45) is 4.99 Å². The molecule has 1 aliphatic heterocycles. The molecule has 0 saturated carbocycles. The number of methoxy groups -OCH3 is 2. The normalized spacial score (nSPS) is 17.1. The summed E-state index contributed by atoms with van der Waals surface area (Å²) < 4.78 is 10.9. The number of hydrogen-bond donors (Lipinski definition) is 3. The number of aliphatic carboxylic acids is 1. The third-order valence-corrected chi connectivity index (χ3v) is 5.61. The van der Waals surface area contributed by atoms with Crippen LogP contribution in [0.3, 0.4) is 0 Å². The fourth-order valence-corrected chi connectivity index (χ4v) is 4.15. The molecule has 0 spiro atoms. The molecule has 2 aromatic carbocycles. The van der Waals surface area contributed by atoms with Crippen molar-refractivity contribution < 1.29 is 19.4 Å². The molecular formula is C24H27N3O4. The Morgan fingerprint density at radius 1 is 1.19 bits per heavy atom. The molecule has 0 fully saturated rings. The van der Waals surface area contributed by atoms with E-state index in [4.69, 9.17) is 9.47 Å². The summed E-state index contributed by atoms with van der Waals surface area (Å²) in [4.78, 5) is 20.0. The second-order valence-corrected chi connectivity index (χ2v) is 8.45. The molecule has 0 bridgehead atoms. The highest BCUT2D eigenvalue weighted by Crippen LogP contribution is 2.35. The van der Waals surface area contributed by atoms with Gasteiger partial charge in [0.25, 0.3) is 0 Å². The van der Waals surface area contributed by atoms with Gasteiger partial charge in [0.1, 0.15) is 5.84 Å². The van der Waals surface area contributed by atoms with Crippen LogP contribution < -0.4 is 14.8 Å². The predicted octanol–water partition coefficient (Wildman–Crippen LogP) is 3.55. The van der Waals surface area contributed by atoms with Crippen LogP contribution in [0.15, 0.2) is 47.6 Å². The van der Waals surface area contributed by atoms with Crippen LogP contribution in [0, 0.1) is 0 Å². The number of nitrogens with zero attached hydrogens (tertiary/aromatic N) is 1. The van der Waals surface area contributed by atoms with Crippen molar-refractivity contribution >= 4 is 22.7 Å². The average molecular weight is 421 g/mol. The monoisotopic (exact) mass is 421 g/mol. The Kier molecular flexibility index (Phi) is 5.35. The van der Waals surface area contributed by atoms with E-state index in [-0.39, 0.29) is 12.0 Å². The zero-order valence-corrected chi connectivity index (χ0v) is 18.2. The van der Waals surface area contributed by atoms with Gasteiger partial charge in [0, 0.05) is 34.6 Å². The molecule has 0 saturated heterocycles. The number of H-pyrrole nitrogens is 1. The van der Waals surface area contributed by atoms with Gasteiger partial charge < -0.3 is 24.9 Å². The highest BCUT2D eigenvalue weighted by molar-refractivity contribution is 6.03. The molecule has 162 valence electrons. The number of nitrogens with one attached hydrogen (secondary N) is 2. The van der Waals surface area contributed by atoms with Crippen molar-refractivity contribution in [2.45, 2.75) is 38.3 Å². The van der Waals surface area contributed by atoms with E-state index in [0.717, 1.165) is 34.0 Å². The Labute approximate surface area is 181 Å². The van der Waals surface area contributed by atoms with Crippen molar-refractivity contribution in [3.05, 3.63) is 59.3 Å². The summed E-state index contributed by atoms with van der Waals surface area (Å²) >= 11 is 0. The number of fused-ring (bicyclic) bond motifs is 2. The van der Waals surface area contributed by atoms with E-state index >= 15 is 0 Å². The lowest BCUT2D eigenvalue weighted by Gasteiger charge is -2.35. The smallest absolute Gasteiger partial charge is 0.328 e. The van der Waals surface area contributed by atoms with Crippen molar-refractivity contribution in [3.8, 4) is 11.5 Å². The lowest BCUT2D eigenvalue weighted by atomic mass is 9.86. The van der Waals surface area contributed by atoms with Gasteiger partial charge in [-0.3, -0.25) is 4.99 Å². The number of rotatable bonds is 6. The number of benzene rings is 2. The number of carbonyl (C=O) groups is 1. The molecule has 3 aromatic rings. The number of aliphatic imine (C=N–C) groups is 1. The van der Waals surface area contributed by atoms with Crippen LogP contribution in [-0.4, -0.2) is 47.7 Å². The SMILES string of the molecule is COc1cc2c(cc1OC)C(=N[C@@H](Cc1c[nH]c3ccccc13)C(=O)O)NC(C)(C)C2. The molecule has 7 nitrogen and oxygen atoms in total. The lowest BCUT2D eigenvalue weighted by Crippen LogP contribution is -2.50. The lowest BCUT2D eigenvalue weighted by molar-refractivity contribution is -0.138. The van der Waals surface area contributed by atoms with Gasteiger partial charge in [0.15, 0.2) is 17.5 Å². The predicted molar refractivity (Wildman–Crippen MR) is 120 cm³/mol. The summed E-state index contributed by atoms with van der Waals surface area (Å²) in [6.07, 6.45) is 2.90. The Bertz CT molecular complexity index is 1160. The molecule has 0 amide bonds. The van der Waals surface area contributed by atoms with Crippen LogP contribution in [-0.2, 0) is 17.6 Å². The average Bonchev–Trinajstić information content (AvgIpc) is 3.14. The van der Waals surface area contributed by atoms with Gasteiger partial charge in [-0.05, 0) is 49.6 Å². The Morgan fingerprint density at radius 3 is 2.61 bits per heavy atom. The van der Waals surface area contributed by atoms with E-state index in [2.05, 4.69) is 29.1 Å². The Balaban J connectivity index is 1.77.